The van der Waals surface area contributed by atoms with E-state index in [4.69, 9.17) is 5.21 Å². The summed E-state index contributed by atoms with van der Waals surface area (Å²) in [6.07, 6.45) is 2.96. The highest BCUT2D eigenvalue weighted by molar-refractivity contribution is 6.40. The first-order valence-electron chi connectivity index (χ1n) is 3.28. The van der Waals surface area contributed by atoms with Gasteiger partial charge in [-0.15, -0.1) is 0 Å². The quantitative estimate of drug-likeness (QED) is 0.287. The van der Waals surface area contributed by atoms with Crippen molar-refractivity contribution in [1.29, 1.82) is 0 Å². The minimum Gasteiger partial charge on any atom is -0.461 e. The smallest absolute Gasteiger partial charge is 0.360 e. The van der Waals surface area contributed by atoms with E-state index in [0.29, 0.717) is 0 Å². The van der Waals surface area contributed by atoms with Crippen molar-refractivity contribution in [2.24, 2.45) is 5.16 Å². The molecule has 0 aliphatic rings. The summed E-state index contributed by atoms with van der Waals surface area (Å²) >= 11 is 0. The Morgan fingerprint density at radius 1 is 1.73 bits per heavy atom. The van der Waals surface area contributed by atoms with Crippen LogP contribution in [-0.4, -0.2) is 23.5 Å². The van der Waals surface area contributed by atoms with Crippen LogP contribution in [0.3, 0.4) is 0 Å². The number of esters is 1. The van der Waals surface area contributed by atoms with Crippen LogP contribution in [0.4, 0.5) is 0 Å². The highest BCUT2D eigenvalue weighted by Gasteiger charge is 2.07. The van der Waals surface area contributed by atoms with Crippen molar-refractivity contribution in [2.75, 3.05) is 6.61 Å². The molecule has 0 saturated heterocycles. The molecular weight excluding hydrogens is 146 g/mol. The van der Waals surface area contributed by atoms with E-state index in [2.05, 4.69) is 9.89 Å². The molecule has 0 fully saturated rings. The standard InChI is InChI=1S/C7H11NO3/c1-3-5-6(8-10)7(9)11-4-2/h3,5,10H,4H2,1-2H3/b5-3+,8-6-. The first-order valence-corrected chi connectivity index (χ1v) is 3.28. The summed E-state index contributed by atoms with van der Waals surface area (Å²) in [5.41, 5.74) is -0.0886. The largest absolute Gasteiger partial charge is 0.461 e. The average Bonchev–Trinajstić information content (AvgIpc) is 2.00. The normalized spacial score (nSPS) is 12.0. The van der Waals surface area contributed by atoms with Gasteiger partial charge in [0.05, 0.1) is 6.61 Å². The van der Waals surface area contributed by atoms with E-state index < -0.39 is 5.97 Å². The number of hydrogen-bond donors (Lipinski definition) is 1. The van der Waals surface area contributed by atoms with Crippen LogP contribution in [0.15, 0.2) is 17.3 Å². The summed E-state index contributed by atoms with van der Waals surface area (Å²) in [4.78, 5) is 10.8. The molecule has 0 radical (unpaired) electrons. The number of hydrogen-bond acceptors (Lipinski definition) is 4. The topological polar surface area (TPSA) is 58.9 Å². The Labute approximate surface area is 65.2 Å². The summed E-state index contributed by atoms with van der Waals surface area (Å²) in [6, 6.07) is 0. The van der Waals surface area contributed by atoms with Crippen molar-refractivity contribution in [3.05, 3.63) is 12.2 Å². The third-order valence-corrected chi connectivity index (χ3v) is 0.917. The van der Waals surface area contributed by atoms with Crippen LogP contribution in [0.2, 0.25) is 0 Å². The van der Waals surface area contributed by atoms with Gasteiger partial charge in [0.2, 0.25) is 0 Å². The number of ether oxygens (including phenoxy) is 1. The zero-order valence-corrected chi connectivity index (χ0v) is 6.57. The summed E-state index contributed by atoms with van der Waals surface area (Å²) < 4.78 is 4.57. The first-order chi connectivity index (χ1) is 5.26. The van der Waals surface area contributed by atoms with Crippen LogP contribution in [-0.2, 0) is 9.53 Å². The number of nitrogens with zero attached hydrogens (tertiary/aromatic N) is 1. The van der Waals surface area contributed by atoms with Gasteiger partial charge in [0.1, 0.15) is 0 Å². The second-order valence-corrected chi connectivity index (χ2v) is 1.71. The van der Waals surface area contributed by atoms with E-state index in [9.17, 15) is 4.79 Å². The Kier molecular flexibility index (Phi) is 4.81. The van der Waals surface area contributed by atoms with Gasteiger partial charge in [-0.05, 0) is 19.9 Å². The Bertz CT molecular complexity index is 184. The minimum atomic E-state index is -0.617. The minimum absolute atomic E-state index is 0.0886. The highest BCUT2D eigenvalue weighted by atomic mass is 16.5. The number of carbonyl (C=O) groups is 1. The van der Waals surface area contributed by atoms with Crippen LogP contribution < -0.4 is 0 Å². The van der Waals surface area contributed by atoms with E-state index in [-0.39, 0.29) is 12.3 Å². The average molecular weight is 157 g/mol. The molecule has 4 heteroatoms. The second kappa shape index (κ2) is 5.46. The van der Waals surface area contributed by atoms with Gasteiger partial charge in [0.25, 0.3) is 0 Å². The Balaban J connectivity index is 4.16. The van der Waals surface area contributed by atoms with E-state index in [1.807, 2.05) is 0 Å². The summed E-state index contributed by atoms with van der Waals surface area (Å²) in [6.45, 7) is 3.67. The van der Waals surface area contributed by atoms with Gasteiger partial charge >= 0.3 is 5.97 Å². The van der Waals surface area contributed by atoms with E-state index in [1.54, 1.807) is 19.9 Å². The molecule has 1 N–H and O–H groups in total. The second-order valence-electron chi connectivity index (χ2n) is 1.71. The third kappa shape index (κ3) is 3.40. The molecule has 0 unspecified atom stereocenters. The van der Waals surface area contributed by atoms with Gasteiger partial charge in [-0.1, -0.05) is 11.2 Å². The van der Waals surface area contributed by atoms with Crippen LogP contribution in [0, 0.1) is 0 Å². The molecule has 62 valence electrons. The molecule has 11 heavy (non-hydrogen) atoms. The molecule has 0 aromatic carbocycles. The van der Waals surface area contributed by atoms with Gasteiger partial charge in [0, 0.05) is 0 Å². The van der Waals surface area contributed by atoms with E-state index >= 15 is 0 Å². The maximum absolute atomic E-state index is 10.8. The Hall–Kier alpha value is -1.32. The third-order valence-electron chi connectivity index (χ3n) is 0.917. The molecular formula is C7H11NO3. The number of allylic oxidation sites excluding steroid dienone is 1. The number of rotatable bonds is 3. The molecule has 4 nitrogen and oxygen atoms in total. The lowest BCUT2D eigenvalue weighted by atomic mass is 10.3. The maximum Gasteiger partial charge on any atom is 0.360 e. The lowest BCUT2D eigenvalue weighted by molar-refractivity contribution is -0.135. The maximum atomic E-state index is 10.8. The molecule has 0 amide bonds. The summed E-state index contributed by atoms with van der Waals surface area (Å²) in [5.74, 6) is -0.617. The molecule has 0 aromatic rings. The van der Waals surface area contributed by atoms with Crippen LogP contribution in [0.5, 0.6) is 0 Å². The van der Waals surface area contributed by atoms with Crippen molar-refractivity contribution >= 4 is 11.7 Å². The van der Waals surface area contributed by atoms with E-state index in [1.165, 1.54) is 6.08 Å². The van der Waals surface area contributed by atoms with Crippen molar-refractivity contribution in [2.45, 2.75) is 13.8 Å². The molecule has 0 rings (SSSR count). The molecule has 0 spiro atoms. The summed E-state index contributed by atoms with van der Waals surface area (Å²) in [5, 5.41) is 11.0. The number of oxime groups is 1. The summed E-state index contributed by atoms with van der Waals surface area (Å²) in [7, 11) is 0. The number of carbonyl (C=O) groups excluding carboxylic acids is 1. The fraction of sp³-hybridized carbons (Fsp3) is 0.429. The molecule has 0 heterocycles. The van der Waals surface area contributed by atoms with Crippen molar-refractivity contribution < 1.29 is 14.7 Å². The van der Waals surface area contributed by atoms with Crippen LogP contribution >= 0.6 is 0 Å². The van der Waals surface area contributed by atoms with Gasteiger partial charge in [-0.25, -0.2) is 4.79 Å². The molecule has 0 aliphatic heterocycles. The zero-order valence-electron chi connectivity index (χ0n) is 6.57. The van der Waals surface area contributed by atoms with Gasteiger partial charge in [0.15, 0.2) is 5.71 Å². The SMILES string of the molecule is C/C=C/C(=N/O)C(=O)OCC. The Morgan fingerprint density at radius 3 is 2.73 bits per heavy atom. The van der Waals surface area contributed by atoms with Crippen molar-refractivity contribution in [3.8, 4) is 0 Å². The van der Waals surface area contributed by atoms with Crippen LogP contribution in [0.25, 0.3) is 0 Å². The Morgan fingerprint density at radius 2 is 2.36 bits per heavy atom. The molecule has 0 bridgehead atoms. The zero-order chi connectivity index (χ0) is 8.69. The van der Waals surface area contributed by atoms with Crippen molar-refractivity contribution in [1.82, 2.24) is 0 Å². The first kappa shape index (κ1) is 9.68. The molecule has 0 aromatic heterocycles. The monoisotopic (exact) mass is 157 g/mol. The fourth-order valence-corrected chi connectivity index (χ4v) is 0.505. The molecule has 0 saturated carbocycles. The highest BCUT2D eigenvalue weighted by Crippen LogP contribution is 1.86. The van der Waals surface area contributed by atoms with Gasteiger partial charge < -0.3 is 9.94 Å². The molecule has 0 atom stereocenters. The van der Waals surface area contributed by atoms with Gasteiger partial charge in [-0.2, -0.15) is 0 Å². The fourth-order valence-electron chi connectivity index (χ4n) is 0.505. The van der Waals surface area contributed by atoms with Crippen LogP contribution in [0.1, 0.15) is 13.8 Å². The van der Waals surface area contributed by atoms with E-state index in [0.717, 1.165) is 0 Å². The predicted molar refractivity (Wildman–Crippen MR) is 40.7 cm³/mol. The lowest BCUT2D eigenvalue weighted by Crippen LogP contribution is -2.15. The van der Waals surface area contributed by atoms with Crippen molar-refractivity contribution in [3.63, 3.8) is 0 Å². The van der Waals surface area contributed by atoms with Gasteiger partial charge in [-0.3, -0.25) is 0 Å². The molecule has 0 aliphatic carbocycles. The lowest BCUT2D eigenvalue weighted by Gasteiger charge is -1.97. The predicted octanol–water partition coefficient (Wildman–Crippen LogP) is 0.956.